The first-order valence-electron chi connectivity index (χ1n) is 10.7. The van der Waals surface area contributed by atoms with Crippen LogP contribution in [-0.4, -0.2) is 79.6 Å². The normalized spacial score (nSPS) is 19.3. The topological polar surface area (TPSA) is 90.0 Å². The van der Waals surface area contributed by atoms with E-state index >= 15 is 0 Å². The van der Waals surface area contributed by atoms with Crippen molar-refractivity contribution in [2.24, 2.45) is 0 Å². The maximum Gasteiger partial charge on any atom is 0.282 e. The van der Waals surface area contributed by atoms with Gasteiger partial charge in [0.2, 0.25) is 5.91 Å². The van der Waals surface area contributed by atoms with Crippen LogP contribution in [-0.2, 0) is 15.0 Å². The Kier molecular flexibility index (Phi) is 7.49. The summed E-state index contributed by atoms with van der Waals surface area (Å²) in [6.07, 6.45) is 3.94. The molecule has 2 aliphatic heterocycles. The van der Waals surface area contributed by atoms with E-state index < -0.39 is 10.2 Å². The molecule has 9 heteroatoms. The van der Waals surface area contributed by atoms with Gasteiger partial charge in [-0.25, -0.2) is 0 Å². The van der Waals surface area contributed by atoms with Crippen LogP contribution in [0.1, 0.15) is 47.2 Å². The number of carbonyl (C=O) groups is 2. The lowest BCUT2D eigenvalue weighted by Gasteiger charge is -2.36. The highest BCUT2D eigenvalue weighted by Crippen LogP contribution is 2.18. The zero-order valence-electron chi connectivity index (χ0n) is 17.9. The van der Waals surface area contributed by atoms with Gasteiger partial charge in [0.05, 0.1) is 6.54 Å². The number of carbonyl (C=O) groups excluding carboxylic acids is 2. The SMILES string of the molecule is Cc1cc(C)cc(C(=O)NCC(=O)N2CCN(S(=O)(=O)N3CCCCCC3)CC2)c1. The molecule has 0 bridgehead atoms. The Hall–Kier alpha value is -1.97. The molecule has 1 aromatic rings. The molecule has 1 aromatic carbocycles. The first-order valence-corrected chi connectivity index (χ1v) is 12.1. The van der Waals surface area contributed by atoms with Crippen LogP contribution in [0, 0.1) is 13.8 Å². The van der Waals surface area contributed by atoms with Crippen LogP contribution in [0.3, 0.4) is 0 Å². The zero-order valence-corrected chi connectivity index (χ0v) is 18.7. The molecule has 2 heterocycles. The summed E-state index contributed by atoms with van der Waals surface area (Å²) in [5, 5.41) is 2.68. The van der Waals surface area contributed by atoms with E-state index in [1.165, 1.54) is 4.31 Å². The van der Waals surface area contributed by atoms with Crippen molar-refractivity contribution >= 4 is 22.0 Å². The fourth-order valence-corrected chi connectivity index (χ4v) is 5.75. The van der Waals surface area contributed by atoms with Gasteiger partial charge in [-0.15, -0.1) is 0 Å². The summed E-state index contributed by atoms with van der Waals surface area (Å²) in [6, 6.07) is 5.57. The summed E-state index contributed by atoms with van der Waals surface area (Å²) in [5.74, 6) is -0.475. The average Bonchev–Trinajstić information content (AvgIpc) is 3.01. The maximum atomic E-state index is 12.9. The average molecular weight is 437 g/mol. The van der Waals surface area contributed by atoms with Gasteiger partial charge >= 0.3 is 0 Å². The molecule has 0 unspecified atom stereocenters. The first-order chi connectivity index (χ1) is 14.3. The second-order valence-corrected chi connectivity index (χ2v) is 10.1. The van der Waals surface area contributed by atoms with E-state index in [9.17, 15) is 18.0 Å². The number of hydrogen-bond acceptors (Lipinski definition) is 4. The Balaban J connectivity index is 1.49. The van der Waals surface area contributed by atoms with Crippen molar-refractivity contribution in [3.63, 3.8) is 0 Å². The van der Waals surface area contributed by atoms with Crippen LogP contribution in [0.25, 0.3) is 0 Å². The van der Waals surface area contributed by atoms with E-state index in [1.807, 2.05) is 19.9 Å². The third kappa shape index (κ3) is 5.59. The number of nitrogens with zero attached hydrogens (tertiary/aromatic N) is 3. The van der Waals surface area contributed by atoms with Crippen LogP contribution in [0.5, 0.6) is 0 Å². The lowest BCUT2D eigenvalue weighted by atomic mass is 10.1. The highest BCUT2D eigenvalue weighted by Gasteiger charge is 2.33. The largest absolute Gasteiger partial charge is 0.343 e. The number of rotatable bonds is 5. The minimum absolute atomic E-state index is 0.0926. The Morgan fingerprint density at radius 3 is 1.93 bits per heavy atom. The lowest BCUT2D eigenvalue weighted by Crippen LogP contribution is -2.55. The van der Waals surface area contributed by atoms with E-state index in [0.29, 0.717) is 31.7 Å². The van der Waals surface area contributed by atoms with Crippen molar-refractivity contribution in [1.29, 1.82) is 0 Å². The lowest BCUT2D eigenvalue weighted by molar-refractivity contribution is -0.131. The molecular formula is C21H32N4O4S. The summed E-state index contributed by atoms with van der Waals surface area (Å²) in [5.41, 5.74) is 2.52. The van der Waals surface area contributed by atoms with E-state index in [2.05, 4.69) is 5.32 Å². The summed E-state index contributed by atoms with van der Waals surface area (Å²) in [4.78, 5) is 26.5. The number of piperazine rings is 1. The minimum atomic E-state index is -3.47. The molecule has 2 aliphatic rings. The van der Waals surface area contributed by atoms with E-state index in [4.69, 9.17) is 0 Å². The molecule has 2 saturated heterocycles. The summed E-state index contributed by atoms with van der Waals surface area (Å²) in [7, 11) is -3.47. The summed E-state index contributed by atoms with van der Waals surface area (Å²) < 4.78 is 28.8. The van der Waals surface area contributed by atoms with Gasteiger partial charge in [-0.2, -0.15) is 17.0 Å². The van der Waals surface area contributed by atoms with Crippen molar-refractivity contribution in [2.45, 2.75) is 39.5 Å². The smallest absolute Gasteiger partial charge is 0.282 e. The quantitative estimate of drug-likeness (QED) is 0.753. The van der Waals surface area contributed by atoms with Crippen molar-refractivity contribution in [1.82, 2.24) is 18.8 Å². The third-order valence-corrected chi connectivity index (χ3v) is 7.73. The molecular weight excluding hydrogens is 404 g/mol. The number of hydrogen-bond donors (Lipinski definition) is 1. The zero-order chi connectivity index (χ0) is 21.7. The van der Waals surface area contributed by atoms with Gasteiger partial charge in [-0.05, 0) is 38.8 Å². The highest BCUT2D eigenvalue weighted by atomic mass is 32.2. The maximum absolute atomic E-state index is 12.9. The molecule has 0 aromatic heterocycles. The number of benzene rings is 1. The predicted octanol–water partition coefficient (Wildman–Crippen LogP) is 1.30. The molecule has 0 aliphatic carbocycles. The molecule has 0 saturated carbocycles. The van der Waals surface area contributed by atoms with Gasteiger partial charge in [0, 0.05) is 44.8 Å². The second-order valence-electron chi connectivity index (χ2n) is 8.16. The Labute approximate surface area is 179 Å². The molecule has 8 nitrogen and oxygen atoms in total. The predicted molar refractivity (Wildman–Crippen MR) is 115 cm³/mol. The van der Waals surface area contributed by atoms with Gasteiger partial charge < -0.3 is 10.2 Å². The van der Waals surface area contributed by atoms with E-state index in [0.717, 1.165) is 36.8 Å². The van der Waals surface area contributed by atoms with Crippen LogP contribution >= 0.6 is 0 Å². The fourth-order valence-electron chi connectivity index (χ4n) is 4.08. The monoisotopic (exact) mass is 436 g/mol. The number of aryl methyl sites for hydroxylation is 2. The van der Waals surface area contributed by atoms with Crippen molar-refractivity contribution in [2.75, 3.05) is 45.8 Å². The Morgan fingerprint density at radius 1 is 0.833 bits per heavy atom. The Morgan fingerprint density at radius 2 is 1.37 bits per heavy atom. The highest BCUT2D eigenvalue weighted by molar-refractivity contribution is 7.86. The van der Waals surface area contributed by atoms with Crippen LogP contribution in [0.15, 0.2) is 18.2 Å². The molecule has 1 N–H and O–H groups in total. The summed E-state index contributed by atoms with van der Waals surface area (Å²) in [6.45, 7) is 6.16. The third-order valence-electron chi connectivity index (χ3n) is 5.69. The molecule has 2 fully saturated rings. The number of amides is 2. The summed E-state index contributed by atoms with van der Waals surface area (Å²) >= 11 is 0. The molecule has 3 rings (SSSR count). The molecule has 2 amide bonds. The van der Waals surface area contributed by atoms with Gasteiger partial charge in [0.1, 0.15) is 0 Å². The van der Waals surface area contributed by atoms with Crippen LogP contribution in [0.4, 0.5) is 0 Å². The fraction of sp³-hybridized carbons (Fsp3) is 0.619. The van der Waals surface area contributed by atoms with Crippen LogP contribution < -0.4 is 5.32 Å². The van der Waals surface area contributed by atoms with Crippen molar-refractivity contribution in [3.8, 4) is 0 Å². The first kappa shape index (κ1) is 22.7. The van der Waals surface area contributed by atoms with Gasteiger partial charge in [0.25, 0.3) is 16.1 Å². The van der Waals surface area contributed by atoms with E-state index in [-0.39, 0.29) is 31.4 Å². The molecule has 30 heavy (non-hydrogen) atoms. The standard InChI is InChI=1S/C21H32N4O4S/c1-17-13-18(2)15-19(14-17)21(27)22-16-20(26)23-9-11-25(12-10-23)30(28,29)24-7-5-3-4-6-8-24/h13-15H,3-12,16H2,1-2H3,(H,22,27). The minimum Gasteiger partial charge on any atom is -0.343 e. The van der Waals surface area contributed by atoms with Gasteiger partial charge in [0.15, 0.2) is 0 Å². The molecule has 0 radical (unpaired) electrons. The Bertz CT molecular complexity index is 851. The van der Waals surface area contributed by atoms with Crippen LogP contribution in [0.2, 0.25) is 0 Å². The molecule has 0 spiro atoms. The van der Waals surface area contributed by atoms with Gasteiger partial charge in [-0.1, -0.05) is 30.0 Å². The van der Waals surface area contributed by atoms with E-state index in [1.54, 1.807) is 21.3 Å². The second kappa shape index (κ2) is 9.89. The van der Waals surface area contributed by atoms with Crippen molar-refractivity contribution in [3.05, 3.63) is 34.9 Å². The number of nitrogens with one attached hydrogen (secondary N) is 1. The van der Waals surface area contributed by atoms with Gasteiger partial charge in [-0.3, -0.25) is 9.59 Å². The molecule has 166 valence electrons. The molecule has 0 atom stereocenters. The van der Waals surface area contributed by atoms with Crippen molar-refractivity contribution < 1.29 is 18.0 Å².